The first-order valence-corrected chi connectivity index (χ1v) is 12.9. The molecule has 0 aromatic heterocycles. The van der Waals surface area contributed by atoms with E-state index in [9.17, 15) is 14.7 Å². The molecule has 0 radical (unpaired) electrons. The molecule has 0 saturated carbocycles. The summed E-state index contributed by atoms with van der Waals surface area (Å²) in [6, 6.07) is 19.3. The number of carbonyl (C=O) groups excluding carboxylic acids is 2. The number of amides is 1. The molecular formula is C32H35NO6. The van der Waals surface area contributed by atoms with Gasteiger partial charge in [0.1, 0.15) is 23.0 Å². The number of hydrogen-bond donors (Lipinski definition) is 1. The first-order chi connectivity index (χ1) is 18.6. The number of hydrogen-bond acceptors (Lipinski definition) is 6. The van der Waals surface area contributed by atoms with Gasteiger partial charge in [0.2, 0.25) is 0 Å². The molecular weight excluding hydrogens is 494 g/mol. The SMILES string of the molecule is CCOc1cccc(C2/C(=C(\O)c3cc(C(C)(C)C)ccc3OC)C(=O)C(=O)N2Cc2ccc(OC)cc2)c1. The molecule has 3 aromatic rings. The predicted molar refractivity (Wildman–Crippen MR) is 150 cm³/mol. The lowest BCUT2D eigenvalue weighted by molar-refractivity contribution is -0.140. The number of ketones is 1. The third-order valence-corrected chi connectivity index (χ3v) is 6.86. The van der Waals surface area contributed by atoms with Crippen LogP contribution < -0.4 is 14.2 Å². The highest BCUT2D eigenvalue weighted by Gasteiger charge is 2.46. The van der Waals surface area contributed by atoms with E-state index in [1.807, 2.05) is 49.4 Å². The molecule has 0 bridgehead atoms. The van der Waals surface area contributed by atoms with E-state index in [2.05, 4.69) is 20.8 Å². The van der Waals surface area contributed by atoms with Crippen molar-refractivity contribution in [3.8, 4) is 17.2 Å². The van der Waals surface area contributed by atoms with Crippen molar-refractivity contribution in [2.45, 2.75) is 45.7 Å². The zero-order chi connectivity index (χ0) is 28.3. The molecule has 1 heterocycles. The maximum absolute atomic E-state index is 13.6. The van der Waals surface area contributed by atoms with Crippen LogP contribution in [0.15, 0.2) is 72.3 Å². The van der Waals surface area contributed by atoms with Crippen LogP contribution in [0.3, 0.4) is 0 Å². The van der Waals surface area contributed by atoms with Gasteiger partial charge in [-0.1, -0.05) is 51.1 Å². The zero-order valence-electron chi connectivity index (χ0n) is 23.3. The summed E-state index contributed by atoms with van der Waals surface area (Å²) in [4.78, 5) is 28.6. The lowest BCUT2D eigenvalue weighted by Crippen LogP contribution is -2.29. The molecule has 1 aliphatic rings. The first kappa shape index (κ1) is 27.8. The molecule has 1 saturated heterocycles. The minimum Gasteiger partial charge on any atom is -0.507 e. The summed E-state index contributed by atoms with van der Waals surface area (Å²) >= 11 is 0. The topological polar surface area (TPSA) is 85.3 Å². The van der Waals surface area contributed by atoms with E-state index >= 15 is 0 Å². The predicted octanol–water partition coefficient (Wildman–Crippen LogP) is 6.02. The second kappa shape index (κ2) is 11.2. The fourth-order valence-corrected chi connectivity index (χ4v) is 4.76. The molecule has 7 heteroatoms. The molecule has 3 aromatic carbocycles. The van der Waals surface area contributed by atoms with E-state index in [1.165, 1.54) is 12.0 Å². The first-order valence-electron chi connectivity index (χ1n) is 12.9. The molecule has 7 nitrogen and oxygen atoms in total. The fourth-order valence-electron chi connectivity index (χ4n) is 4.76. The van der Waals surface area contributed by atoms with Crippen LogP contribution in [-0.2, 0) is 21.5 Å². The molecule has 1 amide bonds. The summed E-state index contributed by atoms with van der Waals surface area (Å²) in [5, 5.41) is 11.7. The van der Waals surface area contributed by atoms with E-state index in [-0.39, 0.29) is 23.3 Å². The number of likely N-dealkylation sites (tertiary alicyclic amines) is 1. The monoisotopic (exact) mass is 529 g/mol. The quantitative estimate of drug-likeness (QED) is 0.218. The molecule has 4 rings (SSSR count). The number of aliphatic hydroxyl groups is 1. The Morgan fingerprint density at radius 2 is 1.64 bits per heavy atom. The maximum Gasteiger partial charge on any atom is 0.295 e. The standard InChI is InChI=1S/C32H35NO6/c1-7-39-24-10-8-9-21(17-24)28-27(29(34)25-18-22(32(2,3)4)13-16-26(25)38-6)30(35)31(36)33(28)19-20-11-14-23(37-5)15-12-20/h8-18,28,34H,7,19H2,1-6H3/b29-27+. The maximum atomic E-state index is 13.6. The lowest BCUT2D eigenvalue weighted by Gasteiger charge is -2.26. The second-order valence-electron chi connectivity index (χ2n) is 10.4. The van der Waals surface area contributed by atoms with Crippen molar-refractivity contribution in [3.63, 3.8) is 0 Å². The summed E-state index contributed by atoms with van der Waals surface area (Å²) in [5.74, 6) is -0.0184. The average molecular weight is 530 g/mol. The Morgan fingerprint density at radius 1 is 0.923 bits per heavy atom. The van der Waals surface area contributed by atoms with Crippen LogP contribution in [0, 0.1) is 0 Å². The number of nitrogens with zero attached hydrogens (tertiary/aromatic N) is 1. The molecule has 1 atom stereocenters. The highest BCUT2D eigenvalue weighted by Crippen LogP contribution is 2.43. The van der Waals surface area contributed by atoms with Crippen LogP contribution in [-0.4, -0.2) is 42.5 Å². The van der Waals surface area contributed by atoms with Crippen molar-refractivity contribution in [1.82, 2.24) is 4.90 Å². The smallest absolute Gasteiger partial charge is 0.295 e. The van der Waals surface area contributed by atoms with E-state index in [0.29, 0.717) is 35.0 Å². The molecule has 204 valence electrons. The van der Waals surface area contributed by atoms with Crippen molar-refractivity contribution >= 4 is 17.4 Å². The minimum atomic E-state index is -0.837. The van der Waals surface area contributed by atoms with Gasteiger partial charge < -0.3 is 24.2 Å². The number of aliphatic hydroxyl groups excluding tert-OH is 1. The van der Waals surface area contributed by atoms with Crippen molar-refractivity contribution in [1.29, 1.82) is 0 Å². The summed E-state index contributed by atoms with van der Waals surface area (Å²) in [5.41, 5.74) is 2.57. The van der Waals surface area contributed by atoms with Gasteiger partial charge in [-0.2, -0.15) is 0 Å². The zero-order valence-corrected chi connectivity index (χ0v) is 23.3. The Balaban J connectivity index is 1.91. The van der Waals surface area contributed by atoms with Crippen molar-refractivity contribution in [2.75, 3.05) is 20.8 Å². The summed E-state index contributed by atoms with van der Waals surface area (Å²) in [6.07, 6.45) is 0. The Morgan fingerprint density at radius 3 is 2.26 bits per heavy atom. The summed E-state index contributed by atoms with van der Waals surface area (Å²) in [6.45, 7) is 8.69. The molecule has 0 aliphatic carbocycles. The molecule has 1 N–H and O–H groups in total. The van der Waals surface area contributed by atoms with Crippen molar-refractivity contribution in [3.05, 3.63) is 94.6 Å². The number of benzene rings is 3. The highest BCUT2D eigenvalue weighted by molar-refractivity contribution is 6.46. The van der Waals surface area contributed by atoms with Crippen LogP contribution in [0.1, 0.15) is 56.0 Å². The molecule has 1 aliphatic heterocycles. The van der Waals surface area contributed by atoms with Gasteiger partial charge in [0.15, 0.2) is 0 Å². The van der Waals surface area contributed by atoms with Gasteiger partial charge in [0.05, 0.1) is 38.0 Å². The van der Waals surface area contributed by atoms with E-state index in [0.717, 1.165) is 11.1 Å². The second-order valence-corrected chi connectivity index (χ2v) is 10.4. The summed E-state index contributed by atoms with van der Waals surface area (Å²) < 4.78 is 16.5. The average Bonchev–Trinajstić information content (AvgIpc) is 3.17. The lowest BCUT2D eigenvalue weighted by atomic mass is 9.85. The third kappa shape index (κ3) is 5.62. The Labute approximate surface area is 229 Å². The van der Waals surface area contributed by atoms with Crippen molar-refractivity contribution in [2.24, 2.45) is 0 Å². The van der Waals surface area contributed by atoms with Crippen LogP contribution >= 0.6 is 0 Å². The largest absolute Gasteiger partial charge is 0.507 e. The number of rotatable bonds is 8. The molecule has 1 fully saturated rings. The van der Waals surface area contributed by atoms with Gasteiger partial charge in [0.25, 0.3) is 11.7 Å². The molecule has 0 spiro atoms. The molecule has 39 heavy (non-hydrogen) atoms. The molecule has 1 unspecified atom stereocenters. The van der Waals surface area contributed by atoms with E-state index in [1.54, 1.807) is 31.4 Å². The van der Waals surface area contributed by atoms with Crippen LogP contribution in [0.25, 0.3) is 5.76 Å². The normalized spacial score (nSPS) is 16.9. The third-order valence-electron chi connectivity index (χ3n) is 6.86. The Kier molecular flexibility index (Phi) is 8.00. The van der Waals surface area contributed by atoms with Crippen LogP contribution in [0.5, 0.6) is 17.2 Å². The van der Waals surface area contributed by atoms with Gasteiger partial charge in [-0.05, 0) is 65.4 Å². The number of carbonyl (C=O) groups is 2. The fraction of sp³-hybridized carbons (Fsp3) is 0.312. The van der Waals surface area contributed by atoms with Crippen molar-refractivity contribution < 1.29 is 28.9 Å². The van der Waals surface area contributed by atoms with Gasteiger partial charge in [-0.25, -0.2) is 0 Å². The van der Waals surface area contributed by atoms with Crippen LogP contribution in [0.4, 0.5) is 0 Å². The number of methoxy groups -OCH3 is 2. The van der Waals surface area contributed by atoms with Gasteiger partial charge in [0, 0.05) is 6.54 Å². The van der Waals surface area contributed by atoms with E-state index < -0.39 is 17.7 Å². The van der Waals surface area contributed by atoms with Gasteiger partial charge >= 0.3 is 0 Å². The van der Waals surface area contributed by atoms with Gasteiger partial charge in [-0.15, -0.1) is 0 Å². The highest BCUT2D eigenvalue weighted by atomic mass is 16.5. The Hall–Kier alpha value is -4.26. The number of ether oxygens (including phenoxy) is 3. The Bertz CT molecular complexity index is 1400. The number of Topliss-reactive ketones (excluding diaryl/α,β-unsaturated/α-hetero) is 1. The summed E-state index contributed by atoms with van der Waals surface area (Å²) in [7, 11) is 3.09. The van der Waals surface area contributed by atoms with Gasteiger partial charge in [-0.3, -0.25) is 9.59 Å². The minimum absolute atomic E-state index is 0.00604. The van der Waals surface area contributed by atoms with Crippen LogP contribution in [0.2, 0.25) is 0 Å². The van der Waals surface area contributed by atoms with E-state index in [4.69, 9.17) is 14.2 Å².